The van der Waals surface area contributed by atoms with Crippen LogP contribution in [0.1, 0.15) is 22.3 Å². The van der Waals surface area contributed by atoms with E-state index in [1.54, 1.807) is 23.5 Å². The second kappa shape index (κ2) is 6.20. The van der Waals surface area contributed by atoms with Crippen LogP contribution in [-0.2, 0) is 0 Å². The summed E-state index contributed by atoms with van der Waals surface area (Å²) in [7, 11) is 0. The van der Waals surface area contributed by atoms with E-state index in [1.807, 2.05) is 24.3 Å². The van der Waals surface area contributed by atoms with Gasteiger partial charge in [0.05, 0.1) is 29.3 Å². The van der Waals surface area contributed by atoms with E-state index in [2.05, 4.69) is 30.1 Å². The zero-order valence-corrected chi connectivity index (χ0v) is 14.1. The quantitative estimate of drug-likeness (QED) is 0.543. The predicted octanol–water partition coefficient (Wildman–Crippen LogP) is 1.71. The Labute approximate surface area is 153 Å². The molecular weight excluding hydrogens is 346 g/mol. The molecule has 1 aromatic carbocycles. The van der Waals surface area contributed by atoms with E-state index in [-0.39, 0.29) is 11.8 Å². The lowest BCUT2D eigenvalue weighted by Gasteiger charge is -2.36. The van der Waals surface area contributed by atoms with Gasteiger partial charge in [-0.3, -0.25) is 14.8 Å². The summed E-state index contributed by atoms with van der Waals surface area (Å²) in [6.07, 6.45) is 6.23. The van der Waals surface area contributed by atoms with Gasteiger partial charge in [0.1, 0.15) is 11.4 Å². The van der Waals surface area contributed by atoms with Gasteiger partial charge in [0.25, 0.3) is 5.91 Å². The Morgan fingerprint density at radius 2 is 1.89 bits per heavy atom. The number of para-hydroxylation sites is 2. The third-order valence-electron chi connectivity index (χ3n) is 4.42. The number of amides is 1. The molecule has 9 heteroatoms. The van der Waals surface area contributed by atoms with Crippen LogP contribution in [-0.4, -0.2) is 54.0 Å². The number of carbonyl (C=O) groups excluding carboxylic acids is 1. The number of hydrogen-bond acceptors (Lipinski definition) is 8. The highest BCUT2D eigenvalue weighted by molar-refractivity contribution is 5.94. The molecule has 0 spiro atoms. The van der Waals surface area contributed by atoms with Gasteiger partial charge in [-0.05, 0) is 12.1 Å². The van der Waals surface area contributed by atoms with Crippen molar-refractivity contribution in [1.82, 2.24) is 35.0 Å². The number of carbonyl (C=O) groups is 1. The monoisotopic (exact) mass is 359 g/mol. The number of aromatic nitrogens is 6. The highest BCUT2D eigenvalue weighted by Gasteiger charge is 2.36. The first-order valence-corrected chi connectivity index (χ1v) is 8.39. The largest absolute Gasteiger partial charge is 0.338 e. The summed E-state index contributed by atoms with van der Waals surface area (Å²) in [5.74, 6) is 0.728. The summed E-state index contributed by atoms with van der Waals surface area (Å²) in [5, 5.41) is 3.94. The number of nitrogens with zero attached hydrogens (tertiary/aromatic N) is 7. The highest BCUT2D eigenvalue weighted by atomic mass is 16.5. The van der Waals surface area contributed by atoms with E-state index in [4.69, 9.17) is 4.52 Å². The van der Waals surface area contributed by atoms with Crippen LogP contribution in [0, 0.1) is 0 Å². The Kier molecular flexibility index (Phi) is 3.56. The Bertz CT molecular complexity index is 1120. The lowest BCUT2D eigenvalue weighted by atomic mass is 9.99. The molecule has 9 nitrogen and oxygen atoms in total. The average molecular weight is 359 g/mol. The topological polar surface area (TPSA) is 111 Å². The molecule has 0 radical (unpaired) electrons. The van der Waals surface area contributed by atoms with Gasteiger partial charge in [0.2, 0.25) is 11.7 Å². The minimum atomic E-state index is -0.154. The molecular formula is C18H13N7O2. The SMILES string of the molecule is O=C(c1cnc2ccccc2n1)N1CC(c2nc(-c3cnccn3)no2)C1. The average Bonchev–Trinajstić information content (AvgIpc) is 3.17. The van der Waals surface area contributed by atoms with Crippen molar-refractivity contribution in [3.8, 4) is 11.5 Å². The first kappa shape index (κ1) is 15.5. The molecule has 0 unspecified atom stereocenters. The molecule has 27 heavy (non-hydrogen) atoms. The minimum absolute atomic E-state index is 0.000266. The molecule has 0 aliphatic carbocycles. The number of likely N-dealkylation sites (tertiary alicyclic amines) is 1. The van der Waals surface area contributed by atoms with Crippen molar-refractivity contribution < 1.29 is 9.32 Å². The van der Waals surface area contributed by atoms with Gasteiger partial charge < -0.3 is 9.42 Å². The van der Waals surface area contributed by atoms with Crippen molar-refractivity contribution in [3.63, 3.8) is 0 Å². The summed E-state index contributed by atoms with van der Waals surface area (Å²) in [6, 6.07) is 7.46. The summed E-state index contributed by atoms with van der Waals surface area (Å²) in [4.78, 5) is 35.5. The zero-order chi connectivity index (χ0) is 18.2. The normalized spacial score (nSPS) is 14.3. The van der Waals surface area contributed by atoms with Crippen LogP contribution < -0.4 is 0 Å². The van der Waals surface area contributed by atoms with E-state index in [1.165, 1.54) is 6.20 Å². The van der Waals surface area contributed by atoms with E-state index < -0.39 is 0 Å². The molecule has 0 N–H and O–H groups in total. The fourth-order valence-electron chi connectivity index (χ4n) is 2.94. The van der Waals surface area contributed by atoms with Gasteiger partial charge in [0.15, 0.2) is 0 Å². The number of rotatable bonds is 3. The summed E-state index contributed by atoms with van der Waals surface area (Å²) < 4.78 is 5.32. The van der Waals surface area contributed by atoms with Crippen molar-refractivity contribution in [1.29, 1.82) is 0 Å². The zero-order valence-electron chi connectivity index (χ0n) is 14.1. The summed E-state index contributed by atoms with van der Waals surface area (Å²) in [6.45, 7) is 0.991. The molecule has 1 amide bonds. The van der Waals surface area contributed by atoms with Gasteiger partial charge in [0, 0.05) is 25.5 Å². The maximum absolute atomic E-state index is 12.6. The maximum atomic E-state index is 12.6. The van der Waals surface area contributed by atoms with Crippen molar-refractivity contribution >= 4 is 16.9 Å². The number of hydrogen-bond donors (Lipinski definition) is 0. The standard InChI is InChI=1S/C18H13N7O2/c26-18(15-8-21-12-3-1-2-4-13(12)22-15)25-9-11(10-25)17-23-16(24-27-17)14-7-19-5-6-20-14/h1-8,11H,9-10H2. The summed E-state index contributed by atoms with van der Waals surface area (Å²) >= 11 is 0. The number of benzene rings is 1. The molecule has 0 bridgehead atoms. The molecule has 4 heterocycles. The van der Waals surface area contributed by atoms with Crippen LogP contribution in [0.4, 0.5) is 0 Å². The molecule has 1 aliphatic rings. The lowest BCUT2D eigenvalue weighted by molar-refractivity contribution is 0.0563. The molecule has 0 atom stereocenters. The molecule has 0 saturated carbocycles. The van der Waals surface area contributed by atoms with Crippen LogP contribution in [0.3, 0.4) is 0 Å². The maximum Gasteiger partial charge on any atom is 0.274 e. The minimum Gasteiger partial charge on any atom is -0.338 e. The Hall–Kier alpha value is -3.75. The van der Waals surface area contributed by atoms with Gasteiger partial charge in [-0.25, -0.2) is 9.97 Å². The molecule has 1 fully saturated rings. The van der Waals surface area contributed by atoms with E-state index in [0.29, 0.717) is 41.7 Å². The summed E-state index contributed by atoms with van der Waals surface area (Å²) in [5.41, 5.74) is 2.34. The first-order valence-electron chi connectivity index (χ1n) is 8.39. The molecule has 1 saturated heterocycles. The van der Waals surface area contributed by atoms with Crippen molar-refractivity contribution in [3.05, 3.63) is 60.6 Å². The molecule has 3 aromatic heterocycles. The first-order chi connectivity index (χ1) is 13.3. The van der Waals surface area contributed by atoms with Crippen LogP contribution in [0.15, 0.2) is 53.6 Å². The smallest absolute Gasteiger partial charge is 0.274 e. The van der Waals surface area contributed by atoms with Crippen molar-refractivity contribution in [2.45, 2.75) is 5.92 Å². The molecule has 132 valence electrons. The third-order valence-corrected chi connectivity index (χ3v) is 4.42. The molecule has 4 aromatic rings. The Morgan fingerprint density at radius 1 is 1.04 bits per heavy atom. The highest BCUT2D eigenvalue weighted by Crippen LogP contribution is 2.28. The van der Waals surface area contributed by atoms with Gasteiger partial charge in [-0.15, -0.1) is 0 Å². The number of fused-ring (bicyclic) bond motifs is 1. The van der Waals surface area contributed by atoms with Gasteiger partial charge >= 0.3 is 0 Å². The van der Waals surface area contributed by atoms with Gasteiger partial charge in [-0.1, -0.05) is 17.3 Å². The van der Waals surface area contributed by atoms with Crippen LogP contribution in [0.2, 0.25) is 0 Å². The van der Waals surface area contributed by atoms with E-state index in [9.17, 15) is 4.79 Å². The third kappa shape index (κ3) is 2.78. The van der Waals surface area contributed by atoms with E-state index >= 15 is 0 Å². The lowest BCUT2D eigenvalue weighted by Crippen LogP contribution is -2.48. The van der Waals surface area contributed by atoms with Crippen LogP contribution >= 0.6 is 0 Å². The molecule has 5 rings (SSSR count). The Balaban J connectivity index is 1.29. The van der Waals surface area contributed by atoms with E-state index in [0.717, 1.165) is 5.52 Å². The molecule has 1 aliphatic heterocycles. The fourth-order valence-corrected chi connectivity index (χ4v) is 2.94. The van der Waals surface area contributed by atoms with Crippen molar-refractivity contribution in [2.24, 2.45) is 0 Å². The second-order valence-electron chi connectivity index (χ2n) is 6.20. The fraction of sp³-hybridized carbons (Fsp3) is 0.167. The van der Waals surface area contributed by atoms with Gasteiger partial charge in [-0.2, -0.15) is 4.98 Å². The Morgan fingerprint density at radius 3 is 2.70 bits per heavy atom. The van der Waals surface area contributed by atoms with Crippen LogP contribution in [0.5, 0.6) is 0 Å². The second-order valence-corrected chi connectivity index (χ2v) is 6.20. The van der Waals surface area contributed by atoms with Crippen molar-refractivity contribution in [2.75, 3.05) is 13.1 Å². The predicted molar refractivity (Wildman–Crippen MR) is 93.5 cm³/mol. The van der Waals surface area contributed by atoms with Crippen LogP contribution in [0.25, 0.3) is 22.6 Å².